The zero-order chi connectivity index (χ0) is 21.6. The first-order valence-electron chi connectivity index (χ1n) is 10.2. The molecular formula is C24H25N3O2S2. The zero-order valence-corrected chi connectivity index (χ0v) is 19.0. The highest BCUT2D eigenvalue weighted by Gasteiger charge is 2.26. The third-order valence-electron chi connectivity index (χ3n) is 5.52. The van der Waals surface area contributed by atoms with Crippen molar-refractivity contribution in [2.45, 2.75) is 23.9 Å². The molecule has 0 bridgehead atoms. The smallest absolute Gasteiger partial charge is 0.313 e. The molecule has 0 fully saturated rings. The van der Waals surface area contributed by atoms with Gasteiger partial charge < -0.3 is 10.6 Å². The lowest BCUT2D eigenvalue weighted by atomic mass is 9.97. The minimum absolute atomic E-state index is 0.0242. The number of nitrogens with one attached hydrogen (secondary N) is 2. The van der Waals surface area contributed by atoms with Gasteiger partial charge in [0.05, 0.1) is 6.04 Å². The van der Waals surface area contributed by atoms with E-state index >= 15 is 0 Å². The molecule has 0 saturated heterocycles. The largest absolute Gasteiger partial charge is 0.346 e. The summed E-state index contributed by atoms with van der Waals surface area (Å²) in [6.07, 6.45) is 2.95. The van der Waals surface area contributed by atoms with Gasteiger partial charge in [0, 0.05) is 30.2 Å². The molecule has 2 amide bonds. The van der Waals surface area contributed by atoms with Crippen molar-refractivity contribution in [1.29, 1.82) is 0 Å². The van der Waals surface area contributed by atoms with Crippen LogP contribution in [0.4, 0.5) is 5.69 Å². The molecular weight excluding hydrogens is 426 g/mol. The standard InChI is InChI=1S/C24H25N3O2S2/c1-30-21-8-4-7-20(13-21)26-24(29)23(28)25-14-22(19-10-12-31-16-19)27-11-9-17-5-2-3-6-18(17)15-27/h2-8,10,12-13,16,22H,9,11,14-15H2,1H3,(H,25,28)(H,26,29). The summed E-state index contributed by atoms with van der Waals surface area (Å²) in [5, 5.41) is 9.70. The fourth-order valence-corrected chi connectivity index (χ4v) is 5.03. The van der Waals surface area contributed by atoms with Crippen molar-refractivity contribution in [3.63, 3.8) is 0 Å². The maximum atomic E-state index is 12.5. The van der Waals surface area contributed by atoms with E-state index < -0.39 is 11.8 Å². The molecule has 1 aromatic heterocycles. The molecule has 31 heavy (non-hydrogen) atoms. The molecule has 0 radical (unpaired) electrons. The van der Waals surface area contributed by atoms with E-state index in [9.17, 15) is 9.59 Å². The van der Waals surface area contributed by atoms with Crippen LogP contribution in [0.2, 0.25) is 0 Å². The van der Waals surface area contributed by atoms with Crippen molar-refractivity contribution < 1.29 is 9.59 Å². The third-order valence-corrected chi connectivity index (χ3v) is 6.95. The Morgan fingerprint density at radius 3 is 2.71 bits per heavy atom. The average Bonchev–Trinajstić information content (AvgIpc) is 3.33. The predicted molar refractivity (Wildman–Crippen MR) is 127 cm³/mol. The molecule has 2 N–H and O–H groups in total. The monoisotopic (exact) mass is 451 g/mol. The fourth-order valence-electron chi connectivity index (χ4n) is 3.86. The number of fused-ring (bicyclic) bond motifs is 1. The van der Waals surface area contributed by atoms with Crippen LogP contribution in [-0.4, -0.2) is 36.1 Å². The van der Waals surface area contributed by atoms with E-state index in [0.29, 0.717) is 12.2 Å². The van der Waals surface area contributed by atoms with Crippen LogP contribution in [0, 0.1) is 0 Å². The van der Waals surface area contributed by atoms with Crippen LogP contribution in [0.1, 0.15) is 22.7 Å². The molecule has 0 aliphatic carbocycles. The highest BCUT2D eigenvalue weighted by molar-refractivity contribution is 7.98. The van der Waals surface area contributed by atoms with Crippen molar-refractivity contribution in [2.75, 3.05) is 24.7 Å². The average molecular weight is 452 g/mol. The number of benzene rings is 2. The molecule has 2 aromatic carbocycles. The summed E-state index contributed by atoms with van der Waals surface area (Å²) < 4.78 is 0. The van der Waals surface area contributed by atoms with Gasteiger partial charge in [0.25, 0.3) is 0 Å². The van der Waals surface area contributed by atoms with Crippen LogP contribution in [0.5, 0.6) is 0 Å². The Morgan fingerprint density at radius 2 is 1.94 bits per heavy atom. The molecule has 1 aliphatic heterocycles. The summed E-state index contributed by atoms with van der Waals surface area (Å²) in [6.45, 7) is 2.14. The van der Waals surface area contributed by atoms with Gasteiger partial charge in [-0.1, -0.05) is 30.3 Å². The van der Waals surface area contributed by atoms with Gasteiger partial charge in [0.15, 0.2) is 0 Å². The number of carbonyl (C=O) groups excluding carboxylic acids is 2. The number of amides is 2. The molecule has 1 aliphatic rings. The van der Waals surface area contributed by atoms with Crippen molar-refractivity contribution in [3.8, 4) is 0 Å². The number of nitrogens with zero attached hydrogens (tertiary/aromatic N) is 1. The number of rotatable bonds is 6. The summed E-state index contributed by atoms with van der Waals surface area (Å²) in [6, 6.07) is 18.1. The van der Waals surface area contributed by atoms with Crippen molar-refractivity contribution >= 4 is 40.6 Å². The van der Waals surface area contributed by atoms with Gasteiger partial charge in [0.2, 0.25) is 0 Å². The van der Waals surface area contributed by atoms with Gasteiger partial charge in [0.1, 0.15) is 0 Å². The number of thiophene rings is 1. The van der Waals surface area contributed by atoms with E-state index in [1.54, 1.807) is 29.2 Å². The Balaban J connectivity index is 1.41. The van der Waals surface area contributed by atoms with Crippen molar-refractivity contribution in [2.24, 2.45) is 0 Å². The van der Waals surface area contributed by atoms with Crippen LogP contribution in [0.25, 0.3) is 0 Å². The first-order chi connectivity index (χ1) is 15.1. The SMILES string of the molecule is CSc1cccc(NC(=O)C(=O)NCC(c2ccsc2)N2CCc3ccccc3C2)c1. The lowest BCUT2D eigenvalue weighted by molar-refractivity contribution is -0.136. The maximum absolute atomic E-state index is 12.5. The highest BCUT2D eigenvalue weighted by Crippen LogP contribution is 2.28. The summed E-state index contributed by atoms with van der Waals surface area (Å²) >= 11 is 3.23. The number of hydrogen-bond donors (Lipinski definition) is 2. The lowest BCUT2D eigenvalue weighted by Crippen LogP contribution is -2.43. The van der Waals surface area contributed by atoms with E-state index in [-0.39, 0.29) is 6.04 Å². The fraction of sp³-hybridized carbons (Fsp3) is 0.250. The van der Waals surface area contributed by atoms with Crippen LogP contribution < -0.4 is 10.6 Å². The minimum Gasteiger partial charge on any atom is -0.346 e. The van der Waals surface area contributed by atoms with Gasteiger partial charge in [-0.15, -0.1) is 11.8 Å². The summed E-state index contributed by atoms with van der Waals surface area (Å²) in [5.41, 5.74) is 4.50. The van der Waals surface area contributed by atoms with E-state index in [2.05, 4.69) is 51.2 Å². The predicted octanol–water partition coefficient (Wildman–Crippen LogP) is 4.32. The second-order valence-corrected chi connectivity index (χ2v) is 9.12. The topological polar surface area (TPSA) is 61.4 Å². The number of thioether (sulfide) groups is 1. The quantitative estimate of drug-likeness (QED) is 0.433. The first-order valence-corrected chi connectivity index (χ1v) is 12.4. The maximum Gasteiger partial charge on any atom is 0.313 e. The second-order valence-electron chi connectivity index (χ2n) is 7.46. The molecule has 2 heterocycles. The summed E-state index contributed by atoms with van der Waals surface area (Å²) in [5.74, 6) is -1.27. The summed E-state index contributed by atoms with van der Waals surface area (Å²) in [7, 11) is 0. The van der Waals surface area contributed by atoms with Crippen molar-refractivity contribution in [3.05, 3.63) is 82.0 Å². The van der Waals surface area contributed by atoms with Crippen LogP contribution in [0.15, 0.2) is 70.3 Å². The molecule has 5 nitrogen and oxygen atoms in total. The summed E-state index contributed by atoms with van der Waals surface area (Å²) in [4.78, 5) is 28.3. The van der Waals surface area contributed by atoms with Gasteiger partial charge in [-0.05, 0) is 64.4 Å². The van der Waals surface area contributed by atoms with E-state index in [4.69, 9.17) is 0 Å². The van der Waals surface area contributed by atoms with E-state index in [1.807, 2.05) is 29.8 Å². The zero-order valence-electron chi connectivity index (χ0n) is 17.3. The van der Waals surface area contributed by atoms with Crippen LogP contribution in [0.3, 0.4) is 0 Å². The van der Waals surface area contributed by atoms with Gasteiger partial charge in [-0.2, -0.15) is 11.3 Å². The molecule has 0 spiro atoms. The minimum atomic E-state index is -0.647. The number of anilines is 1. The van der Waals surface area contributed by atoms with Gasteiger partial charge in [-0.25, -0.2) is 0 Å². The Morgan fingerprint density at radius 1 is 1.10 bits per heavy atom. The van der Waals surface area contributed by atoms with Gasteiger partial charge >= 0.3 is 11.8 Å². The molecule has 7 heteroatoms. The van der Waals surface area contributed by atoms with E-state index in [1.165, 1.54) is 11.1 Å². The Kier molecular flexibility index (Phi) is 7.06. The van der Waals surface area contributed by atoms with Crippen LogP contribution >= 0.6 is 23.1 Å². The second kappa shape index (κ2) is 10.1. The molecule has 160 valence electrons. The Bertz CT molecular complexity index is 1050. The van der Waals surface area contributed by atoms with Crippen molar-refractivity contribution in [1.82, 2.24) is 10.2 Å². The Labute approximate surface area is 190 Å². The van der Waals surface area contributed by atoms with Crippen LogP contribution in [-0.2, 0) is 22.6 Å². The normalized spacial score (nSPS) is 14.5. The molecule has 1 atom stereocenters. The highest BCUT2D eigenvalue weighted by atomic mass is 32.2. The number of carbonyl (C=O) groups is 2. The molecule has 0 saturated carbocycles. The number of hydrogen-bond acceptors (Lipinski definition) is 5. The van der Waals surface area contributed by atoms with Gasteiger partial charge in [-0.3, -0.25) is 14.5 Å². The lowest BCUT2D eigenvalue weighted by Gasteiger charge is -2.35. The Hall–Kier alpha value is -2.61. The third kappa shape index (κ3) is 5.36. The molecule has 4 rings (SSSR count). The molecule has 3 aromatic rings. The van der Waals surface area contributed by atoms with E-state index in [0.717, 1.165) is 30.0 Å². The first kappa shape index (κ1) is 21.6. The molecule has 1 unspecified atom stereocenters.